The first-order valence-corrected chi connectivity index (χ1v) is 8.81. The molecule has 0 atom stereocenters. The molecule has 0 saturated carbocycles. The van der Waals surface area contributed by atoms with Crippen LogP contribution in [-0.2, 0) is 10.9 Å². The lowest BCUT2D eigenvalue weighted by Crippen LogP contribution is -2.05. The van der Waals surface area contributed by atoms with Crippen molar-refractivity contribution in [3.05, 3.63) is 52.5 Å². The van der Waals surface area contributed by atoms with Crippen LogP contribution >= 0.6 is 11.3 Å². The molecule has 0 radical (unpaired) electrons. The number of halogens is 3. The molecule has 7 nitrogen and oxygen atoms in total. The second kappa shape index (κ2) is 8.21. The topological polar surface area (TPSA) is 89.6 Å². The lowest BCUT2D eigenvalue weighted by molar-refractivity contribution is -0.137. The van der Waals surface area contributed by atoms with Crippen LogP contribution < -0.4 is 5.43 Å². The summed E-state index contributed by atoms with van der Waals surface area (Å²) in [4.78, 5) is 15.8. The number of thiazole rings is 1. The van der Waals surface area contributed by atoms with Crippen LogP contribution in [0, 0.1) is 0 Å². The second-order valence-corrected chi connectivity index (χ2v) is 6.19. The maximum atomic E-state index is 12.7. The first-order valence-electron chi connectivity index (χ1n) is 7.93. The molecule has 0 fully saturated rings. The molecular formula is C17H13F3N4O3S. The molecule has 1 N–H and O–H groups in total. The number of ether oxygens (including phenoxy) is 1. The lowest BCUT2D eigenvalue weighted by atomic mass is 10.1. The fourth-order valence-corrected chi connectivity index (χ4v) is 2.74. The Morgan fingerprint density at radius 2 is 2.21 bits per heavy atom. The van der Waals surface area contributed by atoms with Gasteiger partial charge in [-0.05, 0) is 24.6 Å². The van der Waals surface area contributed by atoms with Crippen molar-refractivity contribution in [2.24, 2.45) is 5.10 Å². The quantitative estimate of drug-likeness (QED) is 0.367. The highest BCUT2D eigenvalue weighted by atomic mass is 32.1. The number of hydrogen-bond acceptors (Lipinski definition) is 8. The number of aromatic nitrogens is 2. The number of esters is 1. The predicted octanol–water partition coefficient (Wildman–Crippen LogP) is 4.44. The van der Waals surface area contributed by atoms with Gasteiger partial charge in [0.25, 0.3) is 0 Å². The molecule has 0 amide bonds. The van der Waals surface area contributed by atoms with Crippen molar-refractivity contribution in [2.75, 3.05) is 12.0 Å². The van der Waals surface area contributed by atoms with E-state index in [-0.39, 0.29) is 23.6 Å². The van der Waals surface area contributed by atoms with E-state index in [1.54, 1.807) is 12.3 Å². The first-order chi connectivity index (χ1) is 13.4. The lowest BCUT2D eigenvalue weighted by Gasteiger charge is -2.06. The van der Waals surface area contributed by atoms with E-state index >= 15 is 0 Å². The zero-order chi connectivity index (χ0) is 20.1. The van der Waals surface area contributed by atoms with Gasteiger partial charge < -0.3 is 9.26 Å². The number of carbonyl (C=O) groups is 1. The third-order valence-corrected chi connectivity index (χ3v) is 4.09. The molecule has 0 aliphatic heterocycles. The zero-order valence-corrected chi connectivity index (χ0v) is 15.2. The third-order valence-electron chi connectivity index (χ3n) is 3.34. The first kappa shape index (κ1) is 19.5. The summed E-state index contributed by atoms with van der Waals surface area (Å²) in [6, 6.07) is 6.18. The maximum Gasteiger partial charge on any atom is 0.416 e. The minimum absolute atomic E-state index is 0.0296. The third kappa shape index (κ3) is 4.74. The fourth-order valence-electron chi connectivity index (χ4n) is 2.09. The van der Waals surface area contributed by atoms with E-state index in [0.717, 1.165) is 12.1 Å². The Hall–Kier alpha value is -3.21. The average molecular weight is 410 g/mol. The van der Waals surface area contributed by atoms with Gasteiger partial charge in [0, 0.05) is 11.4 Å². The standard InChI is InChI=1S/C17H13F3N4O3S/c1-2-26-15(25)12-7-14(27-24-12)13-9-28-16(22-13)23-21-8-10-4-3-5-11(6-10)17(18,19)20/h3-9H,2H2,1H3,(H,22,23)/b21-8-. The summed E-state index contributed by atoms with van der Waals surface area (Å²) in [5.74, 6) is -0.328. The molecule has 146 valence electrons. The Morgan fingerprint density at radius 1 is 1.39 bits per heavy atom. The average Bonchev–Trinajstić information content (AvgIpc) is 3.31. The molecule has 0 aliphatic carbocycles. The van der Waals surface area contributed by atoms with Gasteiger partial charge in [0.15, 0.2) is 11.5 Å². The van der Waals surface area contributed by atoms with Crippen molar-refractivity contribution in [1.29, 1.82) is 0 Å². The maximum absolute atomic E-state index is 12.7. The molecule has 0 unspecified atom stereocenters. The molecule has 2 heterocycles. The van der Waals surface area contributed by atoms with Gasteiger partial charge in [-0.3, -0.25) is 5.43 Å². The monoisotopic (exact) mass is 410 g/mol. The van der Waals surface area contributed by atoms with Crippen LogP contribution in [0.5, 0.6) is 0 Å². The number of hydrazone groups is 1. The van der Waals surface area contributed by atoms with Crippen LogP contribution in [0.2, 0.25) is 0 Å². The van der Waals surface area contributed by atoms with Gasteiger partial charge in [-0.2, -0.15) is 18.3 Å². The summed E-state index contributed by atoms with van der Waals surface area (Å²) in [7, 11) is 0. The molecule has 3 aromatic rings. The molecule has 2 aromatic heterocycles. The van der Waals surface area contributed by atoms with E-state index in [1.165, 1.54) is 35.8 Å². The Bertz CT molecular complexity index is 997. The summed E-state index contributed by atoms with van der Waals surface area (Å²) in [5.41, 5.74) is 2.62. The zero-order valence-electron chi connectivity index (χ0n) is 14.4. The minimum atomic E-state index is -4.42. The van der Waals surface area contributed by atoms with E-state index in [9.17, 15) is 18.0 Å². The van der Waals surface area contributed by atoms with Gasteiger partial charge in [-0.1, -0.05) is 17.3 Å². The molecule has 1 aromatic carbocycles. The SMILES string of the molecule is CCOC(=O)c1cc(-c2csc(N/N=C\c3cccc(C(F)(F)F)c3)n2)on1. The second-order valence-electron chi connectivity index (χ2n) is 5.33. The minimum Gasteiger partial charge on any atom is -0.461 e. The van der Waals surface area contributed by atoms with Gasteiger partial charge in [0.2, 0.25) is 5.13 Å². The number of carbonyl (C=O) groups excluding carboxylic acids is 1. The van der Waals surface area contributed by atoms with Gasteiger partial charge in [-0.15, -0.1) is 11.3 Å². The van der Waals surface area contributed by atoms with Gasteiger partial charge >= 0.3 is 12.1 Å². The summed E-state index contributed by atoms with van der Waals surface area (Å²) < 4.78 is 48.0. The van der Waals surface area contributed by atoms with E-state index in [0.29, 0.717) is 10.8 Å². The highest BCUT2D eigenvalue weighted by Gasteiger charge is 2.30. The number of alkyl halides is 3. The van der Waals surface area contributed by atoms with E-state index in [1.807, 2.05) is 0 Å². The van der Waals surface area contributed by atoms with Crippen LogP contribution in [0.3, 0.4) is 0 Å². The summed E-state index contributed by atoms with van der Waals surface area (Å²) in [6.45, 7) is 1.90. The van der Waals surface area contributed by atoms with Gasteiger partial charge in [-0.25, -0.2) is 9.78 Å². The van der Waals surface area contributed by atoms with Gasteiger partial charge in [0.05, 0.1) is 18.4 Å². The van der Waals surface area contributed by atoms with E-state index in [4.69, 9.17) is 9.26 Å². The number of hydrogen-bond donors (Lipinski definition) is 1. The number of nitrogens with one attached hydrogen (secondary N) is 1. The van der Waals surface area contributed by atoms with Crippen LogP contribution in [-0.4, -0.2) is 28.9 Å². The molecule has 3 rings (SSSR count). The summed E-state index contributed by atoms with van der Waals surface area (Å²) >= 11 is 1.19. The molecule has 11 heteroatoms. The highest BCUT2D eigenvalue weighted by molar-refractivity contribution is 7.14. The van der Waals surface area contributed by atoms with Crippen molar-refractivity contribution in [3.8, 4) is 11.5 Å². The van der Waals surface area contributed by atoms with Crippen LogP contribution in [0.25, 0.3) is 11.5 Å². The van der Waals surface area contributed by atoms with Crippen molar-refractivity contribution >= 4 is 28.7 Å². The highest BCUT2D eigenvalue weighted by Crippen LogP contribution is 2.29. The van der Waals surface area contributed by atoms with E-state index in [2.05, 4.69) is 20.7 Å². The Kier molecular flexibility index (Phi) is 5.73. The number of nitrogens with zero attached hydrogens (tertiary/aromatic N) is 3. The van der Waals surface area contributed by atoms with E-state index < -0.39 is 17.7 Å². The van der Waals surface area contributed by atoms with Crippen LogP contribution in [0.15, 0.2) is 45.3 Å². The largest absolute Gasteiger partial charge is 0.461 e. The van der Waals surface area contributed by atoms with Gasteiger partial charge in [0.1, 0.15) is 5.69 Å². The molecule has 0 aliphatic rings. The van der Waals surface area contributed by atoms with Crippen LogP contribution in [0.4, 0.5) is 18.3 Å². The van der Waals surface area contributed by atoms with Crippen LogP contribution in [0.1, 0.15) is 28.5 Å². The normalized spacial score (nSPS) is 11.7. The van der Waals surface area contributed by atoms with Crippen molar-refractivity contribution < 1.29 is 27.2 Å². The fraction of sp³-hybridized carbons (Fsp3) is 0.176. The molecular weight excluding hydrogens is 397 g/mol. The molecule has 28 heavy (non-hydrogen) atoms. The number of rotatable bonds is 6. The molecule has 0 spiro atoms. The number of benzene rings is 1. The summed E-state index contributed by atoms with van der Waals surface area (Å²) in [6.07, 6.45) is -3.16. The molecule has 0 bridgehead atoms. The Morgan fingerprint density at radius 3 is 2.96 bits per heavy atom. The Labute approximate surface area is 160 Å². The predicted molar refractivity (Wildman–Crippen MR) is 96.2 cm³/mol. The Balaban J connectivity index is 1.65. The smallest absolute Gasteiger partial charge is 0.416 e. The summed E-state index contributed by atoms with van der Waals surface area (Å²) in [5, 5.41) is 9.54. The number of anilines is 1. The van der Waals surface area contributed by atoms with Crippen molar-refractivity contribution in [1.82, 2.24) is 10.1 Å². The van der Waals surface area contributed by atoms with Crippen molar-refractivity contribution in [3.63, 3.8) is 0 Å². The van der Waals surface area contributed by atoms with Crippen molar-refractivity contribution in [2.45, 2.75) is 13.1 Å². The molecule has 0 saturated heterocycles.